The van der Waals surface area contributed by atoms with E-state index in [4.69, 9.17) is 11.6 Å². The van der Waals surface area contributed by atoms with Gasteiger partial charge in [-0.15, -0.1) is 0 Å². The third-order valence-corrected chi connectivity index (χ3v) is 5.74. The van der Waals surface area contributed by atoms with E-state index in [0.717, 1.165) is 4.31 Å². The molecule has 0 spiro atoms. The van der Waals surface area contributed by atoms with E-state index < -0.39 is 21.7 Å². The summed E-state index contributed by atoms with van der Waals surface area (Å²) in [4.78, 5) is 14.0. The standard InChI is InChI=1S/C17H18ClFN2O3S/c1-20(2)25(23,24)14-7-8-16(18)15(10-14)17(22)21(3)11-12-5-4-6-13(19)9-12/h4-10H,11H2,1-3H3. The number of halogens is 2. The Labute approximate surface area is 151 Å². The molecule has 2 rings (SSSR count). The van der Waals surface area contributed by atoms with Gasteiger partial charge in [0.1, 0.15) is 5.82 Å². The first-order chi connectivity index (χ1) is 11.6. The zero-order chi connectivity index (χ0) is 18.8. The maximum Gasteiger partial charge on any atom is 0.255 e. The number of sulfonamides is 1. The first-order valence-electron chi connectivity index (χ1n) is 7.35. The highest BCUT2D eigenvalue weighted by Gasteiger charge is 2.22. The smallest absolute Gasteiger partial charge is 0.255 e. The molecule has 0 aliphatic carbocycles. The third-order valence-electron chi connectivity index (χ3n) is 3.60. The van der Waals surface area contributed by atoms with Crippen molar-refractivity contribution in [3.8, 4) is 0 Å². The molecule has 5 nitrogen and oxygen atoms in total. The number of hydrogen-bond donors (Lipinski definition) is 0. The van der Waals surface area contributed by atoms with Gasteiger partial charge in [-0.3, -0.25) is 4.79 Å². The Kier molecular flexibility index (Phi) is 5.82. The minimum atomic E-state index is -3.69. The summed E-state index contributed by atoms with van der Waals surface area (Å²) in [6, 6.07) is 9.88. The van der Waals surface area contributed by atoms with Crippen LogP contribution in [-0.2, 0) is 16.6 Å². The van der Waals surface area contributed by atoms with Crippen LogP contribution < -0.4 is 0 Å². The van der Waals surface area contributed by atoms with Crippen molar-refractivity contribution in [2.24, 2.45) is 0 Å². The van der Waals surface area contributed by atoms with E-state index in [2.05, 4.69) is 0 Å². The Morgan fingerprint density at radius 3 is 2.40 bits per heavy atom. The van der Waals surface area contributed by atoms with E-state index in [9.17, 15) is 17.6 Å². The molecule has 0 bridgehead atoms. The Hall–Kier alpha value is -1.96. The molecule has 0 saturated carbocycles. The summed E-state index contributed by atoms with van der Waals surface area (Å²) < 4.78 is 38.8. The van der Waals surface area contributed by atoms with Gasteiger partial charge < -0.3 is 4.90 Å². The largest absolute Gasteiger partial charge is 0.337 e. The number of hydrogen-bond acceptors (Lipinski definition) is 3. The lowest BCUT2D eigenvalue weighted by Gasteiger charge is -2.19. The van der Waals surface area contributed by atoms with Crippen molar-refractivity contribution < 1.29 is 17.6 Å². The zero-order valence-corrected chi connectivity index (χ0v) is 15.6. The number of benzene rings is 2. The van der Waals surface area contributed by atoms with Crippen LogP contribution in [0.1, 0.15) is 15.9 Å². The first-order valence-corrected chi connectivity index (χ1v) is 9.16. The second kappa shape index (κ2) is 7.51. The second-order valence-electron chi connectivity index (χ2n) is 5.72. The van der Waals surface area contributed by atoms with Crippen molar-refractivity contribution in [3.63, 3.8) is 0 Å². The molecule has 0 N–H and O–H groups in total. The van der Waals surface area contributed by atoms with Gasteiger partial charge in [-0.2, -0.15) is 0 Å². The lowest BCUT2D eigenvalue weighted by atomic mass is 10.1. The van der Waals surface area contributed by atoms with Crippen molar-refractivity contribution in [2.75, 3.05) is 21.1 Å². The van der Waals surface area contributed by atoms with E-state index >= 15 is 0 Å². The highest BCUT2D eigenvalue weighted by atomic mass is 35.5. The fourth-order valence-electron chi connectivity index (χ4n) is 2.23. The molecule has 0 aliphatic heterocycles. The molecule has 2 aromatic rings. The first kappa shape index (κ1) is 19.4. The molecule has 2 aromatic carbocycles. The van der Waals surface area contributed by atoms with Crippen LogP contribution in [-0.4, -0.2) is 44.7 Å². The van der Waals surface area contributed by atoms with Crippen LogP contribution in [0.4, 0.5) is 4.39 Å². The molecular formula is C17H18ClFN2O3S. The molecule has 0 radical (unpaired) electrons. The fraction of sp³-hybridized carbons (Fsp3) is 0.235. The van der Waals surface area contributed by atoms with Crippen molar-refractivity contribution in [1.29, 1.82) is 0 Å². The summed E-state index contributed by atoms with van der Waals surface area (Å²) in [7, 11) is 0.661. The van der Waals surface area contributed by atoms with Gasteiger partial charge in [0.2, 0.25) is 10.0 Å². The lowest BCUT2D eigenvalue weighted by Crippen LogP contribution is -2.27. The van der Waals surface area contributed by atoms with Crippen molar-refractivity contribution in [3.05, 3.63) is 64.4 Å². The number of rotatable bonds is 5. The van der Waals surface area contributed by atoms with E-state index in [1.165, 1.54) is 56.4 Å². The molecule has 0 aliphatic rings. The number of carbonyl (C=O) groups excluding carboxylic acids is 1. The van der Waals surface area contributed by atoms with E-state index in [1.807, 2.05) is 0 Å². The number of carbonyl (C=O) groups is 1. The van der Waals surface area contributed by atoms with E-state index in [1.54, 1.807) is 12.1 Å². The average Bonchev–Trinajstić information content (AvgIpc) is 2.54. The van der Waals surface area contributed by atoms with Crippen LogP contribution in [0, 0.1) is 5.82 Å². The van der Waals surface area contributed by atoms with Gasteiger partial charge >= 0.3 is 0 Å². The highest BCUT2D eigenvalue weighted by Crippen LogP contribution is 2.23. The highest BCUT2D eigenvalue weighted by molar-refractivity contribution is 7.89. The van der Waals surface area contributed by atoms with Crippen LogP contribution in [0.25, 0.3) is 0 Å². The SMILES string of the molecule is CN(Cc1cccc(F)c1)C(=O)c1cc(S(=O)(=O)N(C)C)ccc1Cl. The maximum atomic E-state index is 13.3. The second-order valence-corrected chi connectivity index (χ2v) is 8.28. The van der Waals surface area contributed by atoms with Crippen LogP contribution in [0.2, 0.25) is 5.02 Å². The molecule has 134 valence electrons. The minimum absolute atomic E-state index is 0.0237. The molecule has 0 fully saturated rings. The third kappa shape index (κ3) is 4.36. The van der Waals surface area contributed by atoms with Gasteiger partial charge in [0.25, 0.3) is 5.91 Å². The molecule has 25 heavy (non-hydrogen) atoms. The Bertz CT molecular complexity index is 901. The molecule has 0 saturated heterocycles. The van der Waals surface area contributed by atoms with Gasteiger partial charge in [0.05, 0.1) is 15.5 Å². The molecule has 0 aromatic heterocycles. The molecule has 0 unspecified atom stereocenters. The van der Waals surface area contributed by atoms with Gasteiger partial charge in [-0.1, -0.05) is 23.7 Å². The lowest BCUT2D eigenvalue weighted by molar-refractivity contribution is 0.0785. The summed E-state index contributed by atoms with van der Waals surface area (Å²) in [6.45, 7) is 0.164. The molecule has 0 heterocycles. The predicted molar refractivity (Wildman–Crippen MR) is 94.5 cm³/mol. The Balaban J connectivity index is 2.32. The van der Waals surface area contributed by atoms with Crippen LogP contribution in [0.15, 0.2) is 47.4 Å². The summed E-state index contributed by atoms with van der Waals surface area (Å²) in [5.74, 6) is -0.847. The summed E-state index contributed by atoms with van der Waals surface area (Å²) in [5, 5.41) is 0.147. The summed E-state index contributed by atoms with van der Waals surface area (Å²) in [5.41, 5.74) is 0.688. The van der Waals surface area contributed by atoms with Crippen molar-refractivity contribution in [2.45, 2.75) is 11.4 Å². The summed E-state index contributed by atoms with van der Waals surface area (Å²) >= 11 is 6.08. The van der Waals surface area contributed by atoms with Crippen LogP contribution >= 0.6 is 11.6 Å². The van der Waals surface area contributed by atoms with Crippen LogP contribution in [0.5, 0.6) is 0 Å². The van der Waals surface area contributed by atoms with Crippen LogP contribution in [0.3, 0.4) is 0 Å². The van der Waals surface area contributed by atoms with E-state index in [-0.39, 0.29) is 22.0 Å². The van der Waals surface area contributed by atoms with Gasteiger partial charge in [-0.05, 0) is 35.9 Å². The van der Waals surface area contributed by atoms with Gasteiger partial charge in [-0.25, -0.2) is 17.1 Å². The Morgan fingerprint density at radius 2 is 1.80 bits per heavy atom. The van der Waals surface area contributed by atoms with Crippen molar-refractivity contribution >= 4 is 27.5 Å². The predicted octanol–water partition coefficient (Wildman–Crippen LogP) is 3.00. The summed E-state index contributed by atoms with van der Waals surface area (Å²) in [6.07, 6.45) is 0. The molecule has 0 atom stereocenters. The molecule has 8 heteroatoms. The normalized spacial score (nSPS) is 11.6. The fourth-order valence-corrected chi connectivity index (χ4v) is 3.35. The molecule has 1 amide bonds. The number of nitrogens with zero attached hydrogens (tertiary/aromatic N) is 2. The Morgan fingerprint density at radius 1 is 1.12 bits per heavy atom. The minimum Gasteiger partial charge on any atom is -0.337 e. The maximum absolute atomic E-state index is 13.3. The quantitative estimate of drug-likeness (QED) is 0.796. The van der Waals surface area contributed by atoms with E-state index in [0.29, 0.717) is 5.56 Å². The molecular weight excluding hydrogens is 367 g/mol. The van der Waals surface area contributed by atoms with Gasteiger partial charge in [0, 0.05) is 27.7 Å². The van der Waals surface area contributed by atoms with Crippen molar-refractivity contribution in [1.82, 2.24) is 9.21 Å². The topological polar surface area (TPSA) is 57.7 Å². The monoisotopic (exact) mass is 384 g/mol. The average molecular weight is 385 g/mol. The van der Waals surface area contributed by atoms with Gasteiger partial charge in [0.15, 0.2) is 0 Å². The zero-order valence-electron chi connectivity index (χ0n) is 14.0. The number of amides is 1.